The fourth-order valence-corrected chi connectivity index (χ4v) is 1.75. The van der Waals surface area contributed by atoms with Crippen molar-refractivity contribution in [3.63, 3.8) is 0 Å². The minimum Gasteiger partial charge on any atom is -0.383 e. The number of hydrogen-bond donors (Lipinski definition) is 1. The first-order chi connectivity index (χ1) is 6.20. The molecule has 1 unspecified atom stereocenters. The predicted molar refractivity (Wildman–Crippen MR) is 61.6 cm³/mol. The highest BCUT2D eigenvalue weighted by atomic mass is 79.9. The largest absolute Gasteiger partial charge is 0.383 e. The average Bonchev–Trinajstić information content (AvgIpc) is 2.08. The standard InChI is InChI=1S/C9H12BrNOS/c1-13(12)7-6-11-9-5-3-2-4-8(9)10/h2-5,11H,6-7H2,1H3. The smallest absolute Gasteiger partial charge is 0.0484 e. The minimum atomic E-state index is -0.724. The molecule has 1 aromatic rings. The summed E-state index contributed by atoms with van der Waals surface area (Å²) in [5.74, 6) is 0.682. The normalized spacial score (nSPS) is 12.5. The van der Waals surface area contributed by atoms with Crippen molar-refractivity contribution in [3.05, 3.63) is 28.7 Å². The Morgan fingerprint density at radius 1 is 1.46 bits per heavy atom. The van der Waals surface area contributed by atoms with E-state index in [1.165, 1.54) is 0 Å². The summed E-state index contributed by atoms with van der Waals surface area (Å²) in [5.41, 5.74) is 1.05. The molecule has 0 aromatic heterocycles. The fraction of sp³-hybridized carbons (Fsp3) is 0.333. The van der Waals surface area contributed by atoms with Gasteiger partial charge in [0.15, 0.2) is 0 Å². The number of anilines is 1. The van der Waals surface area contributed by atoms with E-state index in [2.05, 4.69) is 21.2 Å². The van der Waals surface area contributed by atoms with Crippen LogP contribution in [-0.2, 0) is 10.8 Å². The first-order valence-corrected chi connectivity index (χ1v) is 6.50. The highest BCUT2D eigenvalue weighted by Gasteiger charge is 1.96. The zero-order valence-electron chi connectivity index (χ0n) is 7.42. The molecule has 4 heteroatoms. The topological polar surface area (TPSA) is 29.1 Å². The summed E-state index contributed by atoms with van der Waals surface area (Å²) in [4.78, 5) is 0. The maximum absolute atomic E-state index is 10.8. The molecule has 0 amide bonds. The van der Waals surface area contributed by atoms with Gasteiger partial charge in [-0.1, -0.05) is 12.1 Å². The van der Waals surface area contributed by atoms with Gasteiger partial charge in [0, 0.05) is 39.5 Å². The van der Waals surface area contributed by atoms with Gasteiger partial charge in [-0.05, 0) is 28.1 Å². The summed E-state index contributed by atoms with van der Waals surface area (Å²) >= 11 is 3.43. The Bertz CT molecular complexity index is 303. The van der Waals surface area contributed by atoms with E-state index in [4.69, 9.17) is 0 Å². The quantitative estimate of drug-likeness (QED) is 0.901. The summed E-state index contributed by atoms with van der Waals surface area (Å²) in [6.45, 7) is 0.742. The molecule has 0 aliphatic rings. The average molecular weight is 262 g/mol. The third-order valence-electron chi connectivity index (χ3n) is 1.58. The fourth-order valence-electron chi connectivity index (χ4n) is 0.934. The molecule has 1 rings (SSSR count). The van der Waals surface area contributed by atoms with Gasteiger partial charge >= 0.3 is 0 Å². The Hall–Kier alpha value is -0.350. The van der Waals surface area contributed by atoms with Gasteiger partial charge in [0.2, 0.25) is 0 Å². The number of benzene rings is 1. The summed E-state index contributed by atoms with van der Waals surface area (Å²) in [5, 5.41) is 3.20. The van der Waals surface area contributed by atoms with E-state index < -0.39 is 10.8 Å². The van der Waals surface area contributed by atoms with Gasteiger partial charge in [-0.25, -0.2) is 0 Å². The van der Waals surface area contributed by atoms with Crippen LogP contribution >= 0.6 is 15.9 Å². The van der Waals surface area contributed by atoms with Crippen LogP contribution in [-0.4, -0.2) is 22.8 Å². The van der Waals surface area contributed by atoms with Crippen LogP contribution in [0.1, 0.15) is 0 Å². The van der Waals surface area contributed by atoms with Crippen molar-refractivity contribution in [3.8, 4) is 0 Å². The molecule has 0 spiro atoms. The zero-order valence-corrected chi connectivity index (χ0v) is 9.82. The van der Waals surface area contributed by atoms with Crippen molar-refractivity contribution in [1.29, 1.82) is 0 Å². The van der Waals surface area contributed by atoms with E-state index in [-0.39, 0.29) is 0 Å². The third kappa shape index (κ3) is 3.91. The van der Waals surface area contributed by atoms with Gasteiger partial charge in [-0.3, -0.25) is 4.21 Å². The number of rotatable bonds is 4. The van der Waals surface area contributed by atoms with E-state index >= 15 is 0 Å². The second-order valence-corrected chi connectivity index (χ2v) is 5.09. The van der Waals surface area contributed by atoms with Gasteiger partial charge in [0.1, 0.15) is 0 Å². The maximum Gasteiger partial charge on any atom is 0.0484 e. The first-order valence-electron chi connectivity index (χ1n) is 3.98. The molecule has 0 aliphatic carbocycles. The Kier molecular flexibility index (Phi) is 4.45. The van der Waals surface area contributed by atoms with Crippen molar-refractivity contribution in [2.24, 2.45) is 0 Å². The van der Waals surface area contributed by atoms with Gasteiger partial charge in [0.25, 0.3) is 0 Å². The van der Waals surface area contributed by atoms with Crippen LogP contribution in [0.3, 0.4) is 0 Å². The molecular formula is C9H12BrNOS. The molecule has 0 radical (unpaired) electrons. The zero-order chi connectivity index (χ0) is 9.68. The molecule has 0 aliphatic heterocycles. The van der Waals surface area contributed by atoms with Gasteiger partial charge in [-0.15, -0.1) is 0 Å². The van der Waals surface area contributed by atoms with E-state index in [9.17, 15) is 4.21 Å². The number of nitrogens with one attached hydrogen (secondary N) is 1. The van der Waals surface area contributed by atoms with E-state index in [1.54, 1.807) is 6.26 Å². The lowest BCUT2D eigenvalue weighted by molar-refractivity contribution is 0.687. The molecule has 2 nitrogen and oxygen atoms in total. The molecule has 72 valence electrons. The Balaban J connectivity index is 2.45. The molecule has 1 N–H and O–H groups in total. The van der Waals surface area contributed by atoms with Crippen molar-refractivity contribution in [1.82, 2.24) is 0 Å². The number of para-hydroxylation sites is 1. The van der Waals surface area contributed by atoms with Gasteiger partial charge in [-0.2, -0.15) is 0 Å². The van der Waals surface area contributed by atoms with E-state index in [0.29, 0.717) is 5.75 Å². The van der Waals surface area contributed by atoms with Crippen molar-refractivity contribution in [2.75, 3.05) is 23.9 Å². The van der Waals surface area contributed by atoms with Crippen LogP contribution in [0.15, 0.2) is 28.7 Å². The van der Waals surface area contributed by atoms with Crippen LogP contribution in [0.4, 0.5) is 5.69 Å². The highest BCUT2D eigenvalue weighted by Crippen LogP contribution is 2.20. The molecule has 13 heavy (non-hydrogen) atoms. The van der Waals surface area contributed by atoms with Gasteiger partial charge < -0.3 is 5.32 Å². The Labute approximate surface area is 89.3 Å². The van der Waals surface area contributed by atoms with Crippen molar-refractivity contribution in [2.45, 2.75) is 0 Å². The van der Waals surface area contributed by atoms with Crippen LogP contribution in [0, 0.1) is 0 Å². The maximum atomic E-state index is 10.8. The molecule has 1 atom stereocenters. The SMILES string of the molecule is CS(=O)CCNc1ccccc1Br. The molecular weight excluding hydrogens is 250 g/mol. The monoisotopic (exact) mass is 261 g/mol. The molecule has 0 fully saturated rings. The van der Waals surface area contributed by atoms with E-state index in [1.807, 2.05) is 24.3 Å². The molecule has 0 heterocycles. The van der Waals surface area contributed by atoms with Crippen LogP contribution < -0.4 is 5.32 Å². The minimum absolute atomic E-state index is 0.682. The third-order valence-corrected chi connectivity index (χ3v) is 3.05. The summed E-state index contributed by atoms with van der Waals surface area (Å²) in [6.07, 6.45) is 1.71. The predicted octanol–water partition coefficient (Wildman–Crippen LogP) is 2.24. The lowest BCUT2D eigenvalue weighted by Gasteiger charge is -2.06. The van der Waals surface area contributed by atoms with Crippen molar-refractivity contribution >= 4 is 32.4 Å². The molecule has 0 saturated heterocycles. The Morgan fingerprint density at radius 2 is 2.15 bits per heavy atom. The van der Waals surface area contributed by atoms with Crippen LogP contribution in [0.5, 0.6) is 0 Å². The van der Waals surface area contributed by atoms with Crippen LogP contribution in [0.25, 0.3) is 0 Å². The second-order valence-electron chi connectivity index (χ2n) is 2.68. The molecule has 1 aromatic carbocycles. The van der Waals surface area contributed by atoms with Crippen molar-refractivity contribution < 1.29 is 4.21 Å². The summed E-state index contributed by atoms with van der Waals surface area (Å²) < 4.78 is 11.8. The summed E-state index contributed by atoms with van der Waals surface area (Å²) in [6, 6.07) is 7.90. The lowest BCUT2D eigenvalue weighted by atomic mass is 10.3. The lowest BCUT2D eigenvalue weighted by Crippen LogP contribution is -2.09. The second kappa shape index (κ2) is 5.40. The first kappa shape index (κ1) is 10.7. The summed E-state index contributed by atoms with van der Waals surface area (Å²) in [7, 11) is -0.724. The Morgan fingerprint density at radius 3 is 2.77 bits per heavy atom. The molecule has 0 bridgehead atoms. The number of halogens is 1. The highest BCUT2D eigenvalue weighted by molar-refractivity contribution is 9.10. The van der Waals surface area contributed by atoms with Crippen LogP contribution in [0.2, 0.25) is 0 Å². The number of hydrogen-bond acceptors (Lipinski definition) is 2. The van der Waals surface area contributed by atoms with Gasteiger partial charge in [0.05, 0.1) is 0 Å². The molecule has 0 saturated carbocycles. The van der Waals surface area contributed by atoms with E-state index in [0.717, 1.165) is 16.7 Å².